The first-order chi connectivity index (χ1) is 36.7. The van der Waals surface area contributed by atoms with Gasteiger partial charge in [-0.15, -0.1) is 0 Å². The monoisotopic (exact) mass is 1060 g/mol. The number of nitrogens with one attached hydrogen (secondary N) is 1. The molecule has 0 bridgehead atoms. The molecule has 0 aromatic heterocycles. The molecule has 1 amide bonds. The SMILES string of the molecule is CCCCC/C=C\C/C=C\C/C=C\CCCCCCCCCCCCC(=O)OC1C(OCC(NC(=O)C(O)CCCC/C=C\CCCCCCCC)C(O)/C=C/CCCCCCCCCCC)OC(CO)C(O)C1O. The minimum Gasteiger partial charge on any atom is -0.454 e. The van der Waals surface area contributed by atoms with E-state index >= 15 is 0 Å². The molecule has 0 radical (unpaired) electrons. The summed E-state index contributed by atoms with van der Waals surface area (Å²) in [5, 5.41) is 56.8. The Balaban J connectivity index is 2.62. The summed E-state index contributed by atoms with van der Waals surface area (Å²) in [5.74, 6) is -1.21. The third kappa shape index (κ3) is 40.2. The smallest absolute Gasteiger partial charge is 0.306 e. The summed E-state index contributed by atoms with van der Waals surface area (Å²) in [6, 6.07) is -1.03. The first-order valence-corrected chi connectivity index (χ1v) is 31.1. The van der Waals surface area contributed by atoms with Gasteiger partial charge >= 0.3 is 5.97 Å². The van der Waals surface area contributed by atoms with Gasteiger partial charge in [-0.1, -0.05) is 236 Å². The van der Waals surface area contributed by atoms with Gasteiger partial charge in [0.05, 0.1) is 25.4 Å². The van der Waals surface area contributed by atoms with Gasteiger partial charge in [-0.3, -0.25) is 9.59 Å². The van der Waals surface area contributed by atoms with Crippen LogP contribution in [0.5, 0.6) is 0 Å². The molecule has 1 saturated heterocycles. The lowest BCUT2D eigenvalue weighted by atomic mass is 9.99. The Morgan fingerprint density at radius 3 is 1.41 bits per heavy atom. The van der Waals surface area contributed by atoms with Gasteiger partial charge in [0.25, 0.3) is 0 Å². The average molecular weight is 1060 g/mol. The van der Waals surface area contributed by atoms with E-state index in [4.69, 9.17) is 14.2 Å². The van der Waals surface area contributed by atoms with Crippen molar-refractivity contribution < 1.29 is 49.3 Å². The first-order valence-electron chi connectivity index (χ1n) is 31.1. The molecule has 1 aliphatic rings. The van der Waals surface area contributed by atoms with E-state index in [1.807, 2.05) is 6.08 Å². The Morgan fingerprint density at radius 1 is 0.520 bits per heavy atom. The first kappa shape index (κ1) is 70.4. The molecule has 0 aromatic carbocycles. The lowest BCUT2D eigenvalue weighted by molar-refractivity contribution is -0.305. The van der Waals surface area contributed by atoms with Gasteiger partial charge in [0.15, 0.2) is 12.4 Å². The maximum Gasteiger partial charge on any atom is 0.306 e. The number of esters is 1. The molecule has 1 heterocycles. The molecular weight excluding hydrogens is 943 g/mol. The molecule has 0 spiro atoms. The third-order valence-corrected chi connectivity index (χ3v) is 14.4. The van der Waals surface area contributed by atoms with Crippen molar-refractivity contribution in [2.24, 2.45) is 0 Å². The summed E-state index contributed by atoms with van der Waals surface area (Å²) in [6.07, 6.45) is 54.1. The van der Waals surface area contributed by atoms with E-state index < -0.39 is 67.4 Å². The van der Waals surface area contributed by atoms with E-state index in [9.17, 15) is 35.1 Å². The van der Waals surface area contributed by atoms with Crippen molar-refractivity contribution >= 4 is 11.9 Å². The summed E-state index contributed by atoms with van der Waals surface area (Å²) in [7, 11) is 0. The number of amides is 1. The molecule has 11 nitrogen and oxygen atoms in total. The molecule has 11 heteroatoms. The van der Waals surface area contributed by atoms with Crippen LogP contribution in [-0.4, -0.2) is 99.6 Å². The Hall–Kier alpha value is -2.64. The van der Waals surface area contributed by atoms with Crippen molar-refractivity contribution in [1.29, 1.82) is 0 Å². The van der Waals surface area contributed by atoms with Crippen LogP contribution >= 0.6 is 0 Å². The maximum absolute atomic E-state index is 13.4. The van der Waals surface area contributed by atoms with Crippen LogP contribution in [0.1, 0.15) is 271 Å². The highest BCUT2D eigenvalue weighted by Crippen LogP contribution is 2.26. The third-order valence-electron chi connectivity index (χ3n) is 14.4. The number of unbranched alkanes of at least 4 members (excludes halogenated alkanes) is 30. The van der Waals surface area contributed by atoms with Crippen LogP contribution in [0, 0.1) is 0 Å². The normalized spacial score (nSPS) is 19.6. The van der Waals surface area contributed by atoms with Crippen molar-refractivity contribution in [2.75, 3.05) is 13.2 Å². The minimum atomic E-state index is -1.62. The van der Waals surface area contributed by atoms with Crippen LogP contribution in [0.2, 0.25) is 0 Å². The lowest BCUT2D eigenvalue weighted by Crippen LogP contribution is -2.61. The molecule has 1 fully saturated rings. The Bertz CT molecular complexity index is 1450. The zero-order valence-corrected chi connectivity index (χ0v) is 48.2. The van der Waals surface area contributed by atoms with Gasteiger partial charge in [-0.2, -0.15) is 0 Å². The second kappa shape index (κ2) is 52.1. The van der Waals surface area contributed by atoms with E-state index in [1.54, 1.807) is 6.08 Å². The number of allylic oxidation sites excluding steroid dienone is 9. The molecule has 8 unspecified atom stereocenters. The molecule has 1 rings (SSSR count). The summed E-state index contributed by atoms with van der Waals surface area (Å²) >= 11 is 0. The van der Waals surface area contributed by atoms with Crippen LogP contribution < -0.4 is 5.32 Å². The molecule has 0 saturated carbocycles. The van der Waals surface area contributed by atoms with E-state index in [1.165, 1.54) is 148 Å². The summed E-state index contributed by atoms with van der Waals surface area (Å²) in [6.45, 7) is 5.73. The number of carbonyl (C=O) groups excluding carboxylic acids is 2. The van der Waals surface area contributed by atoms with E-state index in [0.29, 0.717) is 12.8 Å². The number of aliphatic hydroxyl groups excluding tert-OH is 5. The molecule has 8 atom stereocenters. The Labute approximate surface area is 458 Å². The standard InChI is InChI=1S/C64H115NO10/c1-4-7-10-13-16-19-22-24-25-26-27-28-29-30-31-32-33-34-37-40-43-46-49-52-59(69)75-62-61(71)60(70)58(53-66)74-64(62)73-54-55(56(67)50-47-44-41-38-35-21-18-15-12-9-6-3)65-63(72)57(68)51-48-45-42-39-36-23-20-17-14-11-8-5-2/h16,19,24-25,27-28,36,39,47,50,55-58,60-62,64,66-68,70-71H,4-15,17-18,20-23,26,29-35,37-38,40-46,48-49,51-54H2,1-3H3,(H,65,72)/b19-16-,25-24-,28-27-,39-36-,50-47+. The molecule has 0 aromatic rings. The van der Waals surface area contributed by atoms with Crippen LogP contribution in [0.25, 0.3) is 0 Å². The fourth-order valence-corrected chi connectivity index (χ4v) is 9.42. The van der Waals surface area contributed by atoms with Crippen molar-refractivity contribution in [1.82, 2.24) is 5.32 Å². The highest BCUT2D eigenvalue weighted by Gasteiger charge is 2.47. The van der Waals surface area contributed by atoms with Gasteiger partial charge < -0.3 is 45.1 Å². The predicted octanol–water partition coefficient (Wildman–Crippen LogP) is 14.6. The van der Waals surface area contributed by atoms with Gasteiger partial charge in [0.2, 0.25) is 5.91 Å². The van der Waals surface area contributed by atoms with Crippen molar-refractivity contribution in [3.8, 4) is 0 Å². The highest BCUT2D eigenvalue weighted by atomic mass is 16.7. The fraction of sp³-hybridized carbons (Fsp3) is 0.812. The molecule has 6 N–H and O–H groups in total. The Morgan fingerprint density at radius 2 is 0.920 bits per heavy atom. The number of ether oxygens (including phenoxy) is 3. The van der Waals surface area contributed by atoms with Crippen LogP contribution in [-0.2, 0) is 23.8 Å². The second-order valence-corrected chi connectivity index (χ2v) is 21.4. The number of carbonyl (C=O) groups is 2. The van der Waals surface area contributed by atoms with Gasteiger partial charge in [0, 0.05) is 6.42 Å². The Kier molecular flexibility index (Phi) is 48.9. The summed E-state index contributed by atoms with van der Waals surface area (Å²) < 4.78 is 17.6. The van der Waals surface area contributed by atoms with Gasteiger partial charge in [0.1, 0.15) is 24.4 Å². The molecular formula is C64H115NO10. The minimum absolute atomic E-state index is 0.116. The zero-order chi connectivity index (χ0) is 54.7. The van der Waals surface area contributed by atoms with Crippen LogP contribution in [0.15, 0.2) is 60.8 Å². The average Bonchev–Trinajstić information content (AvgIpc) is 3.41. The second-order valence-electron chi connectivity index (χ2n) is 21.4. The molecule has 1 aliphatic heterocycles. The number of hydrogen-bond acceptors (Lipinski definition) is 10. The number of hydrogen-bond donors (Lipinski definition) is 6. The summed E-state index contributed by atoms with van der Waals surface area (Å²) in [5.41, 5.74) is 0. The zero-order valence-electron chi connectivity index (χ0n) is 48.2. The topological polar surface area (TPSA) is 175 Å². The predicted molar refractivity (Wildman–Crippen MR) is 310 cm³/mol. The quantitative estimate of drug-likeness (QED) is 0.0195. The van der Waals surface area contributed by atoms with Crippen molar-refractivity contribution in [3.05, 3.63) is 60.8 Å². The summed E-state index contributed by atoms with van der Waals surface area (Å²) in [4.78, 5) is 26.5. The number of rotatable bonds is 52. The lowest BCUT2D eigenvalue weighted by Gasteiger charge is -2.41. The fourth-order valence-electron chi connectivity index (χ4n) is 9.42. The van der Waals surface area contributed by atoms with E-state index in [0.717, 1.165) is 77.0 Å². The highest BCUT2D eigenvalue weighted by molar-refractivity contribution is 5.80. The number of aliphatic hydroxyl groups is 5. The molecule has 436 valence electrons. The van der Waals surface area contributed by atoms with Crippen LogP contribution in [0.4, 0.5) is 0 Å². The van der Waals surface area contributed by atoms with E-state index in [-0.39, 0.29) is 19.4 Å². The maximum atomic E-state index is 13.4. The van der Waals surface area contributed by atoms with E-state index in [2.05, 4.69) is 74.7 Å². The van der Waals surface area contributed by atoms with Crippen LogP contribution in [0.3, 0.4) is 0 Å². The molecule has 75 heavy (non-hydrogen) atoms. The molecule has 0 aliphatic carbocycles. The van der Waals surface area contributed by atoms with Gasteiger partial charge in [-0.05, 0) is 89.9 Å². The largest absolute Gasteiger partial charge is 0.454 e. The van der Waals surface area contributed by atoms with Gasteiger partial charge in [-0.25, -0.2) is 0 Å². The van der Waals surface area contributed by atoms with Crippen molar-refractivity contribution in [2.45, 2.75) is 320 Å². The van der Waals surface area contributed by atoms with Crippen molar-refractivity contribution in [3.63, 3.8) is 0 Å².